The van der Waals surface area contributed by atoms with E-state index in [2.05, 4.69) is 5.92 Å². The summed E-state index contributed by atoms with van der Waals surface area (Å²) in [5.41, 5.74) is 0.401. The highest BCUT2D eigenvalue weighted by atomic mass is 35.5. The highest BCUT2D eigenvalue weighted by Crippen LogP contribution is 2.48. The lowest BCUT2D eigenvalue weighted by Crippen LogP contribution is -2.40. The van der Waals surface area contributed by atoms with Crippen molar-refractivity contribution in [3.8, 4) is 12.3 Å². The van der Waals surface area contributed by atoms with Crippen LogP contribution in [0.1, 0.15) is 45.0 Å². The first-order valence-corrected chi connectivity index (χ1v) is 15.2. The van der Waals surface area contributed by atoms with Gasteiger partial charge in [-0.2, -0.15) is 0 Å². The molecule has 0 amide bonds. The molecule has 2 heterocycles. The normalized spacial score (nSPS) is 11.8. The minimum absolute atomic E-state index is 0.156. The van der Waals surface area contributed by atoms with Gasteiger partial charge >= 0.3 is 13.3 Å². The van der Waals surface area contributed by atoms with Crippen molar-refractivity contribution in [2.75, 3.05) is 19.4 Å². The van der Waals surface area contributed by atoms with Crippen molar-refractivity contribution in [1.29, 1.82) is 0 Å². The van der Waals surface area contributed by atoms with Gasteiger partial charge in [0.15, 0.2) is 11.2 Å². The van der Waals surface area contributed by atoms with Crippen molar-refractivity contribution in [2.45, 2.75) is 66.1 Å². The average Bonchev–Trinajstić information content (AvgIpc) is 3.24. The van der Waals surface area contributed by atoms with Crippen LogP contribution in [-0.4, -0.2) is 38.1 Å². The molecule has 0 saturated heterocycles. The highest BCUT2D eigenvalue weighted by Gasteiger charge is 2.24. The molecule has 0 unspecified atom stereocenters. The highest BCUT2D eigenvalue weighted by molar-refractivity contribution is 7.53. The molecule has 0 N–H and O–H groups in total. The Labute approximate surface area is 232 Å². The van der Waals surface area contributed by atoms with Gasteiger partial charge in [-0.15, -0.1) is 6.42 Å². The number of aromatic nitrogens is 4. The summed E-state index contributed by atoms with van der Waals surface area (Å²) in [6.45, 7) is 6.57. The van der Waals surface area contributed by atoms with Crippen LogP contribution < -0.4 is 11.2 Å². The van der Waals surface area contributed by atoms with Gasteiger partial charge in [-0.3, -0.25) is 13.9 Å². The van der Waals surface area contributed by atoms with Gasteiger partial charge in [0, 0.05) is 29.6 Å². The largest absolute Gasteiger partial charge is 0.333 e. The molecule has 0 bridgehead atoms. The van der Waals surface area contributed by atoms with Crippen LogP contribution in [0.15, 0.2) is 27.8 Å². The first-order chi connectivity index (χ1) is 18.2. The Morgan fingerprint density at radius 3 is 2.24 bits per heavy atom. The topological polar surface area (TPSA) is 97.3 Å². The van der Waals surface area contributed by atoms with E-state index >= 15 is 0 Å². The molecule has 1 aromatic carbocycles. The molecule has 38 heavy (non-hydrogen) atoms. The Bertz CT molecular complexity index is 1460. The maximum absolute atomic E-state index is 13.4. The van der Waals surface area contributed by atoms with Crippen LogP contribution in [0.2, 0.25) is 10.0 Å². The van der Waals surface area contributed by atoms with Crippen molar-refractivity contribution in [3.05, 3.63) is 60.5 Å². The standard InChI is InChI=1S/C26H33Cl2N4O5P/c1-5-16-32-25(33)23-24(31(26(32)34)17-9-10-18-38(35,36-7-3)37-8-4)29-22(30(23)6-2)15-14-19-20(27)12-11-13-21(19)28/h1,11-13H,6-10,14-18H2,2-4H3. The first kappa shape index (κ1) is 30.2. The number of rotatable bonds is 14. The quantitative estimate of drug-likeness (QED) is 0.148. The van der Waals surface area contributed by atoms with Gasteiger partial charge in [-0.1, -0.05) is 35.2 Å². The predicted molar refractivity (Wildman–Crippen MR) is 152 cm³/mol. The van der Waals surface area contributed by atoms with Gasteiger partial charge in [0.1, 0.15) is 5.82 Å². The SMILES string of the molecule is C#CCn1c(=O)c2c(nc(CCc3c(Cl)cccc3Cl)n2CC)n(CCCCP(=O)(OCC)OCC)c1=O. The zero-order valence-electron chi connectivity index (χ0n) is 21.9. The maximum atomic E-state index is 13.4. The van der Waals surface area contributed by atoms with Gasteiger partial charge in [0.2, 0.25) is 0 Å². The summed E-state index contributed by atoms with van der Waals surface area (Å²) in [7, 11) is -3.19. The van der Waals surface area contributed by atoms with Crippen LogP contribution in [0.4, 0.5) is 0 Å². The van der Waals surface area contributed by atoms with E-state index in [-0.39, 0.29) is 32.5 Å². The number of hydrogen-bond donors (Lipinski definition) is 0. The zero-order valence-corrected chi connectivity index (χ0v) is 24.3. The summed E-state index contributed by atoms with van der Waals surface area (Å²) in [6.07, 6.45) is 7.65. The van der Waals surface area contributed by atoms with Crippen LogP contribution in [0.5, 0.6) is 0 Å². The fourth-order valence-corrected chi connectivity index (χ4v) is 6.76. The van der Waals surface area contributed by atoms with E-state index in [1.165, 1.54) is 4.57 Å². The maximum Gasteiger partial charge on any atom is 0.333 e. The summed E-state index contributed by atoms with van der Waals surface area (Å²) in [6, 6.07) is 5.33. The van der Waals surface area contributed by atoms with Crippen LogP contribution >= 0.6 is 30.8 Å². The molecule has 3 rings (SSSR count). The van der Waals surface area contributed by atoms with Gasteiger partial charge < -0.3 is 13.6 Å². The third kappa shape index (κ3) is 6.62. The summed E-state index contributed by atoms with van der Waals surface area (Å²) in [5.74, 6) is 3.04. The van der Waals surface area contributed by atoms with Crippen LogP contribution in [-0.2, 0) is 46.1 Å². The predicted octanol–water partition coefficient (Wildman–Crippen LogP) is 5.15. The molecule has 12 heteroatoms. The van der Waals surface area contributed by atoms with Gasteiger partial charge in [-0.05, 0) is 57.7 Å². The Balaban J connectivity index is 1.98. The van der Waals surface area contributed by atoms with E-state index in [4.69, 9.17) is 43.7 Å². The lowest BCUT2D eigenvalue weighted by atomic mass is 10.1. The van der Waals surface area contributed by atoms with E-state index < -0.39 is 18.8 Å². The second kappa shape index (κ2) is 13.6. The minimum atomic E-state index is -3.19. The van der Waals surface area contributed by atoms with Crippen molar-refractivity contribution >= 4 is 42.0 Å². The molecule has 0 radical (unpaired) electrons. The van der Waals surface area contributed by atoms with Gasteiger partial charge in [-0.25, -0.2) is 14.3 Å². The number of fused-ring (bicyclic) bond motifs is 1. The fourth-order valence-electron chi connectivity index (χ4n) is 4.44. The fraction of sp³-hybridized carbons (Fsp3) is 0.500. The molecule has 3 aromatic rings. The summed E-state index contributed by atoms with van der Waals surface area (Å²) < 4.78 is 27.8. The Hall–Kier alpha value is -2.34. The van der Waals surface area contributed by atoms with Crippen molar-refractivity contribution in [2.24, 2.45) is 0 Å². The molecular formula is C26H33Cl2N4O5P. The third-order valence-electron chi connectivity index (χ3n) is 6.13. The van der Waals surface area contributed by atoms with Gasteiger partial charge in [0.25, 0.3) is 5.56 Å². The number of unbranched alkanes of at least 4 members (excludes halogenated alkanes) is 1. The number of aryl methyl sites for hydroxylation is 3. The minimum Gasteiger partial charge on any atom is -0.322 e. The summed E-state index contributed by atoms with van der Waals surface area (Å²) >= 11 is 12.7. The second-order valence-corrected chi connectivity index (χ2v) is 11.6. The van der Waals surface area contributed by atoms with Crippen LogP contribution in [0.3, 0.4) is 0 Å². The van der Waals surface area contributed by atoms with Crippen molar-refractivity contribution in [3.63, 3.8) is 0 Å². The lowest BCUT2D eigenvalue weighted by Gasteiger charge is -2.17. The monoisotopic (exact) mass is 582 g/mol. The zero-order chi connectivity index (χ0) is 27.9. The molecular weight excluding hydrogens is 550 g/mol. The molecule has 0 saturated carbocycles. The number of hydrogen-bond acceptors (Lipinski definition) is 6. The summed E-state index contributed by atoms with van der Waals surface area (Å²) in [4.78, 5) is 31.4. The lowest BCUT2D eigenvalue weighted by molar-refractivity contribution is 0.219. The Kier molecular flexibility index (Phi) is 10.8. The number of benzene rings is 1. The molecule has 0 fully saturated rings. The molecule has 0 aliphatic rings. The average molecular weight is 583 g/mol. The van der Waals surface area contributed by atoms with Crippen LogP contribution in [0.25, 0.3) is 11.2 Å². The molecule has 9 nitrogen and oxygen atoms in total. The number of nitrogens with zero attached hydrogens (tertiary/aromatic N) is 4. The van der Waals surface area contributed by atoms with E-state index in [1.54, 1.807) is 32.0 Å². The van der Waals surface area contributed by atoms with Crippen molar-refractivity contribution in [1.82, 2.24) is 18.7 Å². The molecule has 0 spiro atoms. The molecule has 0 aliphatic heterocycles. The van der Waals surface area contributed by atoms with E-state index in [1.807, 2.05) is 11.5 Å². The van der Waals surface area contributed by atoms with Gasteiger partial charge in [0.05, 0.1) is 25.9 Å². The molecule has 206 valence electrons. The van der Waals surface area contributed by atoms with Crippen molar-refractivity contribution < 1.29 is 13.6 Å². The van der Waals surface area contributed by atoms with E-state index in [9.17, 15) is 14.2 Å². The Morgan fingerprint density at radius 2 is 1.66 bits per heavy atom. The molecule has 0 atom stereocenters. The Morgan fingerprint density at radius 1 is 1.00 bits per heavy atom. The number of imidazole rings is 1. The van der Waals surface area contributed by atoms with E-state index in [0.29, 0.717) is 59.3 Å². The van der Waals surface area contributed by atoms with E-state index in [0.717, 1.165) is 10.1 Å². The smallest absolute Gasteiger partial charge is 0.322 e. The number of halogens is 2. The first-order valence-electron chi connectivity index (χ1n) is 12.7. The molecule has 2 aromatic heterocycles. The second-order valence-electron chi connectivity index (χ2n) is 8.55. The number of terminal acetylenes is 1. The van der Waals surface area contributed by atoms with Crippen LogP contribution in [0, 0.1) is 12.3 Å². The third-order valence-corrected chi connectivity index (χ3v) is 9.01. The molecule has 0 aliphatic carbocycles. The summed E-state index contributed by atoms with van der Waals surface area (Å²) in [5, 5.41) is 1.11.